The molecular formula is C16H15NO5. The number of carbonyl (C=O) groups excluding carboxylic acids is 2. The van der Waals surface area contributed by atoms with Crippen molar-refractivity contribution in [3.8, 4) is 5.75 Å². The number of ketones is 1. The maximum Gasteiger partial charge on any atom is 0.328 e. The first-order valence-corrected chi connectivity index (χ1v) is 6.91. The highest BCUT2D eigenvalue weighted by atomic mass is 16.5. The van der Waals surface area contributed by atoms with Crippen molar-refractivity contribution < 1.29 is 24.2 Å². The summed E-state index contributed by atoms with van der Waals surface area (Å²) in [6.07, 6.45) is 2.69. The van der Waals surface area contributed by atoms with Gasteiger partial charge >= 0.3 is 5.97 Å². The van der Waals surface area contributed by atoms with E-state index in [-0.39, 0.29) is 18.1 Å². The molecule has 2 aliphatic rings. The monoisotopic (exact) mass is 301 g/mol. The average Bonchev–Trinajstić information content (AvgIpc) is 2.42. The van der Waals surface area contributed by atoms with E-state index in [1.807, 2.05) is 0 Å². The Morgan fingerprint density at radius 2 is 2.09 bits per heavy atom. The zero-order chi connectivity index (χ0) is 15.9. The van der Waals surface area contributed by atoms with Crippen LogP contribution >= 0.6 is 0 Å². The maximum atomic E-state index is 12.3. The van der Waals surface area contributed by atoms with Gasteiger partial charge in [-0.3, -0.25) is 9.59 Å². The molecule has 1 N–H and O–H groups in total. The van der Waals surface area contributed by atoms with Crippen molar-refractivity contribution in [1.29, 1.82) is 0 Å². The number of likely N-dealkylation sites (tertiary alicyclic amines) is 1. The molecule has 0 bridgehead atoms. The number of carbonyl (C=O) groups is 3. The van der Waals surface area contributed by atoms with Crippen LogP contribution in [0.25, 0.3) is 6.08 Å². The number of hydrogen-bond donors (Lipinski definition) is 1. The molecule has 0 radical (unpaired) electrons. The molecule has 0 aliphatic carbocycles. The molecule has 1 aromatic rings. The SMILES string of the molecule is CC(=O)N1CC2(CC(=O)c3cc(C=CC(=O)O)ccc3O2)C1. The van der Waals surface area contributed by atoms with Crippen LogP contribution in [0.3, 0.4) is 0 Å². The molecule has 0 atom stereocenters. The summed E-state index contributed by atoms with van der Waals surface area (Å²) in [7, 11) is 0. The number of rotatable bonds is 2. The number of hydrogen-bond acceptors (Lipinski definition) is 4. The highest BCUT2D eigenvalue weighted by molar-refractivity contribution is 6.01. The summed E-state index contributed by atoms with van der Waals surface area (Å²) < 4.78 is 5.93. The lowest BCUT2D eigenvalue weighted by Gasteiger charge is -2.50. The number of fused-ring (bicyclic) bond motifs is 1. The fourth-order valence-corrected chi connectivity index (χ4v) is 2.83. The second kappa shape index (κ2) is 4.98. The molecule has 3 rings (SSSR count). The number of ether oxygens (including phenoxy) is 1. The third kappa shape index (κ3) is 2.47. The highest BCUT2D eigenvalue weighted by Gasteiger charge is 2.50. The topological polar surface area (TPSA) is 83.9 Å². The van der Waals surface area contributed by atoms with E-state index in [9.17, 15) is 14.4 Å². The predicted molar refractivity (Wildman–Crippen MR) is 77.7 cm³/mol. The Labute approximate surface area is 127 Å². The van der Waals surface area contributed by atoms with Crippen LogP contribution in [0.2, 0.25) is 0 Å². The first-order valence-electron chi connectivity index (χ1n) is 6.91. The average molecular weight is 301 g/mol. The van der Waals surface area contributed by atoms with E-state index in [0.717, 1.165) is 6.08 Å². The fraction of sp³-hybridized carbons (Fsp3) is 0.312. The van der Waals surface area contributed by atoms with E-state index in [1.54, 1.807) is 23.1 Å². The fourth-order valence-electron chi connectivity index (χ4n) is 2.83. The number of carboxylic acids is 1. The molecule has 0 saturated carbocycles. The number of nitrogens with zero attached hydrogens (tertiary/aromatic N) is 1. The number of Topliss-reactive ketones (excluding diaryl/α,β-unsaturated/α-hetero) is 1. The minimum Gasteiger partial charge on any atom is -0.482 e. The van der Waals surface area contributed by atoms with Crippen LogP contribution in [0.1, 0.15) is 29.3 Å². The molecule has 2 aliphatic heterocycles. The first-order chi connectivity index (χ1) is 10.4. The standard InChI is InChI=1S/C16H15NO5/c1-10(18)17-8-16(9-17)7-13(19)12-6-11(3-5-15(20)21)2-4-14(12)22-16/h2-6H,7-9H2,1H3,(H,20,21). The largest absolute Gasteiger partial charge is 0.482 e. The van der Waals surface area contributed by atoms with Crippen molar-refractivity contribution in [2.24, 2.45) is 0 Å². The molecule has 1 fully saturated rings. The van der Waals surface area contributed by atoms with Crippen molar-refractivity contribution in [2.45, 2.75) is 18.9 Å². The molecule has 0 unspecified atom stereocenters. The maximum absolute atomic E-state index is 12.3. The van der Waals surface area contributed by atoms with Gasteiger partial charge in [-0.05, 0) is 23.8 Å². The molecule has 1 amide bonds. The van der Waals surface area contributed by atoms with Gasteiger partial charge in [0.1, 0.15) is 5.75 Å². The van der Waals surface area contributed by atoms with Crippen molar-refractivity contribution in [1.82, 2.24) is 4.90 Å². The summed E-state index contributed by atoms with van der Waals surface area (Å²) in [5.41, 5.74) is 0.487. The van der Waals surface area contributed by atoms with Crippen molar-refractivity contribution in [3.63, 3.8) is 0 Å². The van der Waals surface area contributed by atoms with Crippen molar-refractivity contribution in [2.75, 3.05) is 13.1 Å². The number of aliphatic carboxylic acids is 1. The first kappa shape index (κ1) is 14.3. The lowest BCUT2D eigenvalue weighted by atomic mass is 9.83. The van der Waals surface area contributed by atoms with Crippen LogP contribution in [0, 0.1) is 0 Å². The Hall–Kier alpha value is -2.63. The Bertz CT molecular complexity index is 700. The Morgan fingerprint density at radius 1 is 1.36 bits per heavy atom. The van der Waals surface area contributed by atoms with Gasteiger partial charge in [-0.25, -0.2) is 4.79 Å². The zero-order valence-electron chi connectivity index (χ0n) is 12.0. The lowest BCUT2D eigenvalue weighted by Crippen LogP contribution is -2.67. The van der Waals surface area contributed by atoms with E-state index in [1.165, 1.54) is 13.0 Å². The Balaban J connectivity index is 1.82. The normalized spacial score (nSPS) is 18.8. The summed E-state index contributed by atoms with van der Waals surface area (Å²) in [5.74, 6) is -0.623. The highest BCUT2D eigenvalue weighted by Crippen LogP contribution is 2.39. The number of amides is 1. The predicted octanol–water partition coefficient (Wildman–Crippen LogP) is 1.35. The van der Waals surface area contributed by atoms with Gasteiger partial charge < -0.3 is 14.7 Å². The van der Waals surface area contributed by atoms with Crippen LogP contribution in [0.4, 0.5) is 0 Å². The van der Waals surface area contributed by atoms with Crippen LogP contribution in [0.5, 0.6) is 5.75 Å². The van der Waals surface area contributed by atoms with Gasteiger partial charge in [0.25, 0.3) is 0 Å². The minimum atomic E-state index is -1.04. The lowest BCUT2D eigenvalue weighted by molar-refractivity contribution is -0.148. The molecule has 2 heterocycles. The van der Waals surface area contributed by atoms with Crippen molar-refractivity contribution >= 4 is 23.7 Å². The van der Waals surface area contributed by atoms with Crippen LogP contribution < -0.4 is 4.74 Å². The number of benzene rings is 1. The molecule has 1 saturated heterocycles. The third-order valence-corrected chi connectivity index (χ3v) is 3.93. The summed E-state index contributed by atoms with van der Waals surface area (Å²) in [6, 6.07) is 5.00. The second-order valence-corrected chi connectivity index (χ2v) is 5.69. The molecule has 1 spiro atoms. The van der Waals surface area contributed by atoms with Gasteiger partial charge in [0.05, 0.1) is 25.1 Å². The quantitative estimate of drug-likeness (QED) is 0.834. The van der Waals surface area contributed by atoms with Gasteiger partial charge in [0, 0.05) is 13.0 Å². The minimum absolute atomic E-state index is 0.0263. The van der Waals surface area contributed by atoms with Gasteiger partial charge in [0.2, 0.25) is 5.91 Å². The molecule has 114 valence electrons. The molecular weight excluding hydrogens is 286 g/mol. The van der Waals surface area contributed by atoms with E-state index >= 15 is 0 Å². The summed E-state index contributed by atoms with van der Waals surface area (Å²) in [5, 5.41) is 8.63. The summed E-state index contributed by atoms with van der Waals surface area (Å²) in [6.45, 7) is 2.34. The van der Waals surface area contributed by atoms with Gasteiger partial charge in [-0.1, -0.05) is 6.07 Å². The van der Waals surface area contributed by atoms with E-state index < -0.39 is 11.6 Å². The van der Waals surface area contributed by atoms with Gasteiger partial charge in [0.15, 0.2) is 11.4 Å². The molecule has 6 heteroatoms. The van der Waals surface area contributed by atoms with E-state index in [0.29, 0.717) is 30.0 Å². The molecule has 6 nitrogen and oxygen atoms in total. The summed E-state index contributed by atoms with van der Waals surface area (Å²) in [4.78, 5) is 35.8. The van der Waals surface area contributed by atoms with Crippen LogP contribution in [-0.2, 0) is 9.59 Å². The van der Waals surface area contributed by atoms with E-state index in [4.69, 9.17) is 9.84 Å². The van der Waals surface area contributed by atoms with Gasteiger partial charge in [-0.15, -0.1) is 0 Å². The smallest absolute Gasteiger partial charge is 0.328 e. The van der Waals surface area contributed by atoms with Crippen LogP contribution in [0.15, 0.2) is 24.3 Å². The second-order valence-electron chi connectivity index (χ2n) is 5.69. The van der Waals surface area contributed by atoms with E-state index in [2.05, 4.69) is 0 Å². The zero-order valence-corrected chi connectivity index (χ0v) is 12.0. The molecule has 0 aromatic heterocycles. The van der Waals surface area contributed by atoms with Gasteiger partial charge in [-0.2, -0.15) is 0 Å². The van der Waals surface area contributed by atoms with Crippen molar-refractivity contribution in [3.05, 3.63) is 35.4 Å². The Kier molecular flexibility index (Phi) is 3.24. The third-order valence-electron chi connectivity index (χ3n) is 3.93. The summed E-state index contributed by atoms with van der Waals surface area (Å²) >= 11 is 0. The Morgan fingerprint density at radius 3 is 2.73 bits per heavy atom. The number of carboxylic acid groups (broad SMARTS) is 1. The molecule has 1 aromatic carbocycles. The molecule has 22 heavy (non-hydrogen) atoms. The van der Waals surface area contributed by atoms with Crippen LogP contribution in [-0.4, -0.2) is 46.4 Å².